The number of rotatable bonds is 4. The highest BCUT2D eigenvalue weighted by Gasteiger charge is 2.32. The van der Waals surface area contributed by atoms with Gasteiger partial charge in [0.25, 0.3) is 0 Å². The average Bonchev–Trinajstić information content (AvgIpc) is 2.80. The van der Waals surface area contributed by atoms with Gasteiger partial charge in [-0.15, -0.1) is 0 Å². The molecule has 1 radical (unpaired) electrons. The Labute approximate surface area is 140 Å². The molecule has 2 heterocycles. The Kier molecular flexibility index (Phi) is 4.81. The maximum absolute atomic E-state index is 12.4. The van der Waals surface area contributed by atoms with E-state index in [2.05, 4.69) is 41.8 Å². The first-order valence-electron chi connectivity index (χ1n) is 8.64. The Bertz CT molecular complexity index is 625. The van der Waals surface area contributed by atoms with E-state index in [4.69, 9.17) is 0 Å². The minimum atomic E-state index is 0. The fraction of sp³-hybridized carbons (Fsp3) is 0.526. The number of hydrogen-bond acceptors (Lipinski definition) is 2. The van der Waals surface area contributed by atoms with Crippen LogP contribution in [0.3, 0.4) is 0 Å². The van der Waals surface area contributed by atoms with Gasteiger partial charge < -0.3 is 10.2 Å². The Balaban J connectivity index is 0.00000208. The zero-order valence-corrected chi connectivity index (χ0v) is 14.5. The lowest BCUT2D eigenvalue weighted by molar-refractivity contribution is -0.439. The van der Waals surface area contributed by atoms with Crippen molar-refractivity contribution in [1.29, 1.82) is 0 Å². The first-order chi connectivity index (χ1) is 11.1. The number of piperidine rings is 1. The Morgan fingerprint density at radius 1 is 1.26 bits per heavy atom. The third-order valence-electron chi connectivity index (χ3n) is 5.23. The highest BCUT2D eigenvalue weighted by molar-refractivity contribution is 6.14. The summed E-state index contributed by atoms with van der Waals surface area (Å²) in [6.07, 6.45) is 9.92. The van der Waals surface area contributed by atoms with Crippen molar-refractivity contribution >= 4 is 11.6 Å². The number of nitrogens with zero attached hydrogens (tertiary/aromatic N) is 2. The number of fused-ring (bicyclic) bond motifs is 1. The number of likely N-dealkylation sites (tertiary alicyclic amines) is 1. The summed E-state index contributed by atoms with van der Waals surface area (Å²) in [5, 5.41) is 3.06. The summed E-state index contributed by atoms with van der Waals surface area (Å²) >= 11 is 0. The molecule has 0 aromatic heterocycles. The van der Waals surface area contributed by atoms with Gasteiger partial charge in [-0.25, -0.2) is 0 Å². The summed E-state index contributed by atoms with van der Waals surface area (Å²) in [5.74, 6) is 0.787. The highest BCUT2D eigenvalue weighted by atomic mass is 16.1. The van der Waals surface area contributed by atoms with Gasteiger partial charge in [0.05, 0.1) is 5.57 Å². The number of nitrogens with one attached hydrogen (secondary N) is 1. The molecule has 0 unspecified atom stereocenters. The van der Waals surface area contributed by atoms with Crippen LogP contribution in [0, 0.1) is 5.92 Å². The molecule has 1 N–H and O–H groups in total. The molecule has 1 saturated heterocycles. The van der Waals surface area contributed by atoms with Gasteiger partial charge >= 0.3 is 0 Å². The van der Waals surface area contributed by atoms with Crippen LogP contribution >= 0.6 is 0 Å². The van der Waals surface area contributed by atoms with Crippen LogP contribution in [0.4, 0.5) is 0 Å². The molecular weight excluding hydrogens is 286 g/mol. The molecular formula is C19H29N3O+. The van der Waals surface area contributed by atoms with Gasteiger partial charge in [-0.05, 0) is 38.9 Å². The van der Waals surface area contributed by atoms with Crippen LogP contribution in [0.1, 0.15) is 34.5 Å². The van der Waals surface area contributed by atoms with E-state index in [1.54, 1.807) is 0 Å². The zero-order valence-electron chi connectivity index (χ0n) is 14.5. The molecule has 1 amide bonds. The average molecular weight is 315 g/mol. The molecule has 0 aromatic carbocycles. The summed E-state index contributed by atoms with van der Waals surface area (Å²) in [5.41, 5.74) is 4.87. The van der Waals surface area contributed by atoms with Gasteiger partial charge in [-0.2, -0.15) is 4.58 Å². The fourth-order valence-corrected chi connectivity index (χ4v) is 3.51. The number of amides is 1. The summed E-state index contributed by atoms with van der Waals surface area (Å²) in [6.45, 7) is 8.26. The highest BCUT2D eigenvalue weighted by Crippen LogP contribution is 2.29. The summed E-state index contributed by atoms with van der Waals surface area (Å²) in [4.78, 5) is 14.8. The minimum Gasteiger partial charge on any atom is -0.354 e. The van der Waals surface area contributed by atoms with Crippen molar-refractivity contribution < 1.29 is 10.8 Å². The van der Waals surface area contributed by atoms with E-state index in [0.29, 0.717) is 0 Å². The second-order valence-corrected chi connectivity index (χ2v) is 6.66. The number of carbonyl (C=O) groups is 1. The topological polar surface area (TPSA) is 35.4 Å². The van der Waals surface area contributed by atoms with Gasteiger partial charge in [0.1, 0.15) is 13.0 Å². The van der Waals surface area contributed by atoms with Crippen molar-refractivity contribution in [2.75, 3.05) is 33.2 Å². The van der Waals surface area contributed by atoms with Crippen LogP contribution in [0.2, 0.25) is 0 Å². The van der Waals surface area contributed by atoms with Crippen molar-refractivity contribution in [2.45, 2.75) is 33.1 Å². The largest absolute Gasteiger partial charge is 0.354 e. The fourth-order valence-electron chi connectivity index (χ4n) is 3.51. The molecule has 0 bridgehead atoms. The number of carbonyl (C=O) groups excluding carboxylic acids is 1. The molecule has 3 rings (SSSR count). The van der Waals surface area contributed by atoms with Crippen LogP contribution in [-0.4, -0.2) is 54.3 Å². The lowest BCUT2D eigenvalue weighted by Gasteiger charge is -2.26. The number of allylic oxidation sites excluding steroid dienone is 4. The molecule has 125 valence electrons. The van der Waals surface area contributed by atoms with Gasteiger partial charge in [-0.1, -0.05) is 12.5 Å². The second-order valence-electron chi connectivity index (χ2n) is 6.66. The van der Waals surface area contributed by atoms with Crippen molar-refractivity contribution in [1.82, 2.24) is 10.2 Å². The standard InChI is InChI=1S/C19H26N3O.H2/c1-14-15(2)21(3)18-8-7-16(13-17(14)18)19(23)20-9-12-22-10-5-4-6-11-22;/h7-8,13H,4-6,9-12H2,1-3H3;1H/p+1. The van der Waals surface area contributed by atoms with Crippen LogP contribution < -0.4 is 5.32 Å². The van der Waals surface area contributed by atoms with Gasteiger partial charge in [0, 0.05) is 33.1 Å². The van der Waals surface area contributed by atoms with Gasteiger partial charge in [0.15, 0.2) is 5.70 Å². The monoisotopic (exact) mass is 315 g/mol. The maximum Gasteiger partial charge on any atom is 0.235 e. The quantitative estimate of drug-likeness (QED) is 0.808. The predicted molar refractivity (Wildman–Crippen MR) is 95.4 cm³/mol. The Morgan fingerprint density at radius 2 is 2.00 bits per heavy atom. The molecule has 0 saturated carbocycles. The Hall–Kier alpha value is -1.68. The van der Waals surface area contributed by atoms with Crippen molar-refractivity contribution in [3.8, 4) is 0 Å². The first-order valence-corrected chi connectivity index (χ1v) is 8.64. The second kappa shape index (κ2) is 6.83. The van der Waals surface area contributed by atoms with Crippen molar-refractivity contribution in [2.24, 2.45) is 0 Å². The molecule has 0 atom stereocenters. The SMILES string of the molecule is CC1=C(C)[N+](C)=C2C=C[C](C(=O)NCCN3CCCCC3)C=C12.[HH]. The molecule has 2 aliphatic heterocycles. The lowest BCUT2D eigenvalue weighted by Crippen LogP contribution is -2.39. The summed E-state index contributed by atoms with van der Waals surface area (Å²) < 4.78 is 2.18. The molecule has 3 aliphatic rings. The zero-order chi connectivity index (χ0) is 16.4. The molecule has 4 heteroatoms. The summed E-state index contributed by atoms with van der Waals surface area (Å²) in [7, 11) is 2.07. The molecule has 0 spiro atoms. The van der Waals surface area contributed by atoms with Crippen LogP contribution in [-0.2, 0) is 4.79 Å². The lowest BCUT2D eigenvalue weighted by atomic mass is 9.92. The van der Waals surface area contributed by atoms with Crippen molar-refractivity contribution in [3.63, 3.8) is 0 Å². The van der Waals surface area contributed by atoms with E-state index in [1.165, 1.54) is 54.9 Å². The van der Waals surface area contributed by atoms with Crippen LogP contribution in [0.15, 0.2) is 35.1 Å². The van der Waals surface area contributed by atoms with Crippen LogP contribution in [0.5, 0.6) is 0 Å². The van der Waals surface area contributed by atoms with E-state index in [0.717, 1.165) is 19.0 Å². The molecule has 1 fully saturated rings. The third kappa shape index (κ3) is 3.32. The predicted octanol–water partition coefficient (Wildman–Crippen LogP) is 2.30. The van der Waals surface area contributed by atoms with E-state index in [-0.39, 0.29) is 7.33 Å². The van der Waals surface area contributed by atoms with E-state index >= 15 is 0 Å². The van der Waals surface area contributed by atoms with Crippen molar-refractivity contribution in [3.05, 3.63) is 41.0 Å². The Morgan fingerprint density at radius 3 is 2.74 bits per heavy atom. The van der Waals surface area contributed by atoms with E-state index < -0.39 is 0 Å². The molecule has 0 aromatic rings. The number of hydrogen-bond donors (Lipinski definition) is 1. The van der Waals surface area contributed by atoms with E-state index in [1.807, 2.05) is 12.2 Å². The van der Waals surface area contributed by atoms with Crippen LogP contribution in [0.25, 0.3) is 0 Å². The third-order valence-corrected chi connectivity index (χ3v) is 5.23. The molecule has 23 heavy (non-hydrogen) atoms. The van der Waals surface area contributed by atoms with E-state index in [9.17, 15) is 4.79 Å². The normalized spacial score (nSPS) is 22.5. The maximum atomic E-state index is 12.4. The smallest absolute Gasteiger partial charge is 0.235 e. The molecule has 4 nitrogen and oxygen atoms in total. The minimum absolute atomic E-state index is 0. The molecule has 1 aliphatic carbocycles. The first kappa shape index (κ1) is 16.2. The van der Waals surface area contributed by atoms with Gasteiger partial charge in [0.2, 0.25) is 11.6 Å². The van der Waals surface area contributed by atoms with Gasteiger partial charge in [-0.3, -0.25) is 4.79 Å². The summed E-state index contributed by atoms with van der Waals surface area (Å²) in [6, 6.07) is 0.